The standard InChI is InChI=1S/C22H18ClF4N5O4/c23-15-9-11(24)1-6-14(15)19(34)31-12-2-4-13(5-3-12)32-21(36)18-17(29-10-30-18)20(35)28-8-7-16(33)22(25,26)27/h1-6,9-10,16,33H,7-8H2,(H,28,35)(H,29,30)(H,31,34)(H,32,36)/t16-/m0/s1. The SMILES string of the molecule is O=C(Nc1ccc(NC(=O)c2nc[nH]c2C(=O)NCC[C@H](O)C(F)(F)F)cc1)c1ccc(F)cc1Cl. The topological polar surface area (TPSA) is 136 Å². The zero-order valence-electron chi connectivity index (χ0n) is 18.1. The van der Waals surface area contributed by atoms with Crippen LogP contribution in [0.25, 0.3) is 0 Å². The predicted octanol–water partition coefficient (Wildman–Crippen LogP) is 3.75. The van der Waals surface area contributed by atoms with Crippen molar-refractivity contribution in [3.05, 3.63) is 76.6 Å². The van der Waals surface area contributed by atoms with Gasteiger partial charge in [-0.15, -0.1) is 0 Å². The minimum atomic E-state index is -4.81. The van der Waals surface area contributed by atoms with Gasteiger partial charge in [0.2, 0.25) is 0 Å². The number of rotatable bonds is 8. The van der Waals surface area contributed by atoms with E-state index >= 15 is 0 Å². The fourth-order valence-electron chi connectivity index (χ4n) is 2.91. The number of carbonyl (C=O) groups excluding carboxylic acids is 3. The molecule has 0 saturated heterocycles. The van der Waals surface area contributed by atoms with E-state index in [1.54, 1.807) is 0 Å². The Balaban J connectivity index is 1.58. The van der Waals surface area contributed by atoms with Gasteiger partial charge < -0.3 is 26.0 Å². The number of hydrogen-bond donors (Lipinski definition) is 5. The number of nitrogens with zero attached hydrogens (tertiary/aromatic N) is 1. The van der Waals surface area contributed by atoms with Crippen molar-refractivity contribution in [1.82, 2.24) is 15.3 Å². The van der Waals surface area contributed by atoms with E-state index in [1.807, 2.05) is 0 Å². The van der Waals surface area contributed by atoms with E-state index in [9.17, 15) is 31.9 Å². The molecule has 0 radical (unpaired) electrons. The van der Waals surface area contributed by atoms with Crippen molar-refractivity contribution in [1.29, 1.82) is 0 Å². The van der Waals surface area contributed by atoms with Crippen molar-refractivity contribution in [3.63, 3.8) is 0 Å². The van der Waals surface area contributed by atoms with Gasteiger partial charge in [-0.1, -0.05) is 11.6 Å². The molecule has 0 bridgehead atoms. The Morgan fingerprint density at radius 2 is 1.61 bits per heavy atom. The lowest BCUT2D eigenvalue weighted by Gasteiger charge is -2.14. The molecular weight excluding hydrogens is 510 g/mol. The molecule has 1 atom stereocenters. The van der Waals surface area contributed by atoms with E-state index in [-0.39, 0.29) is 27.7 Å². The maximum absolute atomic E-state index is 13.2. The van der Waals surface area contributed by atoms with Gasteiger partial charge in [0.05, 0.1) is 16.9 Å². The number of aliphatic hydroxyl groups is 1. The monoisotopic (exact) mass is 527 g/mol. The van der Waals surface area contributed by atoms with E-state index in [1.165, 1.54) is 30.3 Å². The zero-order chi connectivity index (χ0) is 26.5. The van der Waals surface area contributed by atoms with E-state index in [0.29, 0.717) is 5.69 Å². The normalized spacial score (nSPS) is 12.1. The van der Waals surface area contributed by atoms with E-state index in [4.69, 9.17) is 16.7 Å². The van der Waals surface area contributed by atoms with Gasteiger partial charge in [-0.05, 0) is 48.9 Å². The number of halogens is 5. The summed E-state index contributed by atoms with van der Waals surface area (Å²) in [6, 6.07) is 9.16. The Morgan fingerprint density at radius 1 is 1.00 bits per heavy atom. The fraction of sp³-hybridized carbons (Fsp3) is 0.182. The molecule has 0 aliphatic heterocycles. The number of hydrogen-bond acceptors (Lipinski definition) is 5. The third-order valence-corrected chi connectivity index (χ3v) is 5.05. The molecule has 3 aromatic rings. The van der Waals surface area contributed by atoms with Crippen LogP contribution in [0.15, 0.2) is 48.8 Å². The molecule has 1 aromatic heterocycles. The maximum Gasteiger partial charge on any atom is 0.414 e. The molecule has 14 heteroatoms. The van der Waals surface area contributed by atoms with Crippen LogP contribution in [0.2, 0.25) is 5.02 Å². The fourth-order valence-corrected chi connectivity index (χ4v) is 3.17. The van der Waals surface area contributed by atoms with Crippen molar-refractivity contribution in [2.45, 2.75) is 18.7 Å². The highest BCUT2D eigenvalue weighted by Crippen LogP contribution is 2.22. The largest absolute Gasteiger partial charge is 0.414 e. The van der Waals surface area contributed by atoms with Crippen LogP contribution < -0.4 is 16.0 Å². The number of aromatic amines is 1. The van der Waals surface area contributed by atoms with Crippen LogP contribution in [0.3, 0.4) is 0 Å². The predicted molar refractivity (Wildman–Crippen MR) is 121 cm³/mol. The van der Waals surface area contributed by atoms with Gasteiger partial charge in [-0.3, -0.25) is 14.4 Å². The smallest absolute Gasteiger partial charge is 0.384 e. The average molecular weight is 528 g/mol. The van der Waals surface area contributed by atoms with Gasteiger partial charge >= 0.3 is 6.18 Å². The maximum atomic E-state index is 13.2. The van der Waals surface area contributed by atoms with Crippen molar-refractivity contribution in [3.8, 4) is 0 Å². The van der Waals surface area contributed by atoms with Gasteiger partial charge in [-0.25, -0.2) is 9.37 Å². The number of aromatic nitrogens is 2. The van der Waals surface area contributed by atoms with Gasteiger partial charge in [0.15, 0.2) is 11.8 Å². The molecule has 0 fully saturated rings. The lowest BCUT2D eigenvalue weighted by molar-refractivity contribution is -0.204. The van der Waals surface area contributed by atoms with Crippen LogP contribution in [0.1, 0.15) is 37.8 Å². The van der Waals surface area contributed by atoms with Crippen LogP contribution in [0.4, 0.5) is 28.9 Å². The molecule has 3 amide bonds. The highest BCUT2D eigenvalue weighted by atomic mass is 35.5. The summed E-state index contributed by atoms with van der Waals surface area (Å²) in [7, 11) is 0. The molecule has 2 aromatic carbocycles. The highest BCUT2D eigenvalue weighted by Gasteiger charge is 2.37. The summed E-state index contributed by atoms with van der Waals surface area (Å²) in [4.78, 5) is 43.3. The third kappa shape index (κ3) is 6.79. The van der Waals surface area contributed by atoms with Crippen LogP contribution in [0.5, 0.6) is 0 Å². The lowest BCUT2D eigenvalue weighted by atomic mass is 10.2. The van der Waals surface area contributed by atoms with Gasteiger partial charge in [0.1, 0.15) is 11.5 Å². The molecule has 0 spiro atoms. The van der Waals surface area contributed by atoms with Gasteiger partial charge in [0, 0.05) is 17.9 Å². The molecule has 3 rings (SSSR count). The molecule has 1 heterocycles. The number of imidazole rings is 1. The second-order valence-electron chi connectivity index (χ2n) is 7.34. The van der Waals surface area contributed by atoms with Crippen molar-refractivity contribution in [2.75, 3.05) is 17.2 Å². The Labute approximate surface area is 205 Å². The van der Waals surface area contributed by atoms with Crippen LogP contribution in [-0.2, 0) is 0 Å². The number of benzene rings is 2. The average Bonchev–Trinajstić information content (AvgIpc) is 3.30. The van der Waals surface area contributed by atoms with E-state index < -0.39 is 48.8 Å². The molecule has 36 heavy (non-hydrogen) atoms. The quantitative estimate of drug-likeness (QED) is 0.284. The first-order chi connectivity index (χ1) is 17.0. The second-order valence-corrected chi connectivity index (χ2v) is 7.75. The molecule has 0 saturated carbocycles. The first-order valence-corrected chi connectivity index (χ1v) is 10.6. The van der Waals surface area contributed by atoms with Crippen LogP contribution >= 0.6 is 11.6 Å². The molecule has 190 valence electrons. The number of nitrogens with one attached hydrogen (secondary N) is 4. The third-order valence-electron chi connectivity index (χ3n) is 4.74. The lowest BCUT2D eigenvalue weighted by Crippen LogP contribution is -2.34. The molecule has 9 nitrogen and oxygen atoms in total. The summed E-state index contributed by atoms with van der Waals surface area (Å²) in [6.07, 6.45) is -7.10. The Morgan fingerprint density at radius 3 is 2.19 bits per heavy atom. The number of amides is 3. The summed E-state index contributed by atoms with van der Waals surface area (Å²) < 4.78 is 50.2. The van der Waals surface area contributed by atoms with Gasteiger partial charge in [-0.2, -0.15) is 13.2 Å². The number of H-pyrrole nitrogens is 1. The van der Waals surface area contributed by atoms with Crippen LogP contribution in [-0.4, -0.2) is 51.6 Å². The van der Waals surface area contributed by atoms with Crippen LogP contribution in [0, 0.1) is 5.82 Å². The molecule has 0 unspecified atom stereocenters. The Kier molecular flexibility index (Phi) is 8.27. The second kappa shape index (κ2) is 11.2. The van der Waals surface area contributed by atoms with Crippen molar-refractivity contribution in [2.24, 2.45) is 0 Å². The number of anilines is 2. The Bertz CT molecular complexity index is 1260. The minimum absolute atomic E-state index is 0.0627. The highest BCUT2D eigenvalue weighted by molar-refractivity contribution is 6.34. The molecule has 5 N–H and O–H groups in total. The summed E-state index contributed by atoms with van der Waals surface area (Å²) in [5.41, 5.74) is 0.0914. The molecular formula is C22H18ClF4N5O4. The summed E-state index contributed by atoms with van der Waals surface area (Å²) in [5, 5.41) is 16.2. The minimum Gasteiger partial charge on any atom is -0.384 e. The zero-order valence-corrected chi connectivity index (χ0v) is 18.9. The summed E-state index contributed by atoms with van der Waals surface area (Å²) in [6.45, 7) is -0.490. The van der Waals surface area contributed by atoms with Crippen molar-refractivity contribution < 1.29 is 37.1 Å². The first kappa shape index (κ1) is 26.6. The number of alkyl halides is 3. The summed E-state index contributed by atoms with van der Waals surface area (Å²) >= 11 is 5.88. The summed E-state index contributed by atoms with van der Waals surface area (Å²) in [5.74, 6) is -2.84. The van der Waals surface area contributed by atoms with Crippen molar-refractivity contribution >= 4 is 40.7 Å². The van der Waals surface area contributed by atoms with Gasteiger partial charge in [0.25, 0.3) is 17.7 Å². The first-order valence-electron chi connectivity index (χ1n) is 10.2. The van der Waals surface area contributed by atoms with E-state index in [2.05, 4.69) is 25.9 Å². The number of carbonyl (C=O) groups is 3. The molecule has 0 aliphatic carbocycles. The Hall–Kier alpha value is -3.97. The number of aliphatic hydroxyl groups excluding tert-OH is 1. The van der Waals surface area contributed by atoms with E-state index in [0.717, 1.165) is 18.5 Å². The molecule has 0 aliphatic rings.